The number of fused-ring (bicyclic) bond motifs is 1. The Morgan fingerprint density at radius 2 is 0.969 bits per heavy atom. The number of hydrogen-bond acceptors (Lipinski definition) is 2. The molecule has 0 aliphatic carbocycles. The van der Waals surface area contributed by atoms with Gasteiger partial charge in [-0.05, 0) is 36.4 Å². The zero-order valence-corrected chi connectivity index (χ0v) is 16.8. The Morgan fingerprint density at radius 1 is 0.625 bits per heavy atom. The summed E-state index contributed by atoms with van der Waals surface area (Å²) in [5.74, 6) is -1.82. The van der Waals surface area contributed by atoms with Gasteiger partial charge in [-0.2, -0.15) is 26.3 Å². The average molecular weight is 493 g/mol. The molecule has 12 heteroatoms. The van der Waals surface area contributed by atoms with Crippen molar-refractivity contribution in [2.75, 3.05) is 0 Å². The molecule has 2 N–H and O–H groups in total. The highest BCUT2D eigenvalue weighted by molar-refractivity contribution is 6.37. The van der Waals surface area contributed by atoms with Crippen molar-refractivity contribution in [3.05, 3.63) is 79.8 Å². The van der Waals surface area contributed by atoms with Crippen LogP contribution in [-0.2, 0) is 21.9 Å². The second-order valence-corrected chi connectivity index (χ2v) is 7.61. The third kappa shape index (κ3) is 3.63. The van der Waals surface area contributed by atoms with E-state index in [1.807, 2.05) is 0 Å². The average Bonchev–Trinajstić information content (AvgIpc) is 3.19. The number of carbonyl (C=O) groups is 2. The highest BCUT2D eigenvalue weighted by atomic mass is 35.5. The zero-order valence-electron chi connectivity index (χ0n) is 15.3. The van der Waals surface area contributed by atoms with Gasteiger partial charge in [0.25, 0.3) is 11.8 Å². The summed E-state index contributed by atoms with van der Waals surface area (Å²) in [6, 6.07) is 4.70. The first-order chi connectivity index (χ1) is 14.8. The van der Waals surface area contributed by atoms with Gasteiger partial charge in [0.15, 0.2) is 0 Å². The Bertz CT molecular complexity index is 1160. The van der Waals surface area contributed by atoms with Crippen molar-refractivity contribution in [1.82, 2.24) is 10.6 Å². The number of alkyl halides is 6. The van der Waals surface area contributed by atoms with E-state index >= 15 is 0 Å². The van der Waals surface area contributed by atoms with Gasteiger partial charge in [0.1, 0.15) is 0 Å². The predicted molar refractivity (Wildman–Crippen MR) is 103 cm³/mol. The second-order valence-electron chi connectivity index (χ2n) is 6.79. The van der Waals surface area contributed by atoms with Gasteiger partial charge in [0.05, 0.1) is 33.7 Å². The number of nitrogens with one attached hydrogen (secondary N) is 2. The lowest BCUT2D eigenvalue weighted by Gasteiger charge is -2.13. The fourth-order valence-electron chi connectivity index (χ4n) is 3.37. The first-order valence-corrected chi connectivity index (χ1v) is 9.40. The Balaban J connectivity index is 1.93. The third-order valence-corrected chi connectivity index (χ3v) is 5.47. The minimum Gasteiger partial charge on any atom is -0.321 e. The van der Waals surface area contributed by atoms with Crippen LogP contribution in [0, 0.1) is 0 Å². The third-order valence-electron chi connectivity index (χ3n) is 4.81. The molecule has 0 spiro atoms. The van der Waals surface area contributed by atoms with Crippen molar-refractivity contribution in [2.24, 2.45) is 0 Å². The van der Waals surface area contributed by atoms with Crippen molar-refractivity contribution in [1.29, 1.82) is 0 Å². The van der Waals surface area contributed by atoms with Crippen molar-refractivity contribution in [3.63, 3.8) is 0 Å². The summed E-state index contributed by atoms with van der Waals surface area (Å²) in [5.41, 5.74) is -3.97. The summed E-state index contributed by atoms with van der Waals surface area (Å²) in [5, 5.41) is 4.22. The Hall–Kier alpha value is -2.98. The molecule has 2 aliphatic heterocycles. The lowest BCUT2D eigenvalue weighted by atomic mass is 10.00. The monoisotopic (exact) mass is 492 g/mol. The first kappa shape index (κ1) is 22.2. The molecule has 0 atom stereocenters. The van der Waals surface area contributed by atoms with E-state index in [0.717, 1.165) is 24.3 Å². The summed E-state index contributed by atoms with van der Waals surface area (Å²) in [7, 11) is 0. The number of benzene rings is 2. The molecular formula is C20H8Cl2F6N2O2. The normalized spacial score (nSPS) is 16.5. The van der Waals surface area contributed by atoms with Gasteiger partial charge in [-0.3, -0.25) is 9.59 Å². The van der Waals surface area contributed by atoms with E-state index < -0.39 is 35.3 Å². The molecule has 2 aromatic rings. The van der Waals surface area contributed by atoms with Gasteiger partial charge in [-0.15, -0.1) is 0 Å². The van der Waals surface area contributed by atoms with Gasteiger partial charge < -0.3 is 10.6 Å². The van der Waals surface area contributed by atoms with Crippen LogP contribution in [0.15, 0.2) is 47.5 Å². The topological polar surface area (TPSA) is 58.2 Å². The SMILES string of the molecule is O=C1NC(c2cc(C(F)(F)F)ccc2Cl)=C2C(=O)NC(c3cc(C(F)(F)F)ccc3Cl)=C12. The Labute approximate surface area is 185 Å². The van der Waals surface area contributed by atoms with Crippen LogP contribution in [0.1, 0.15) is 22.3 Å². The van der Waals surface area contributed by atoms with Gasteiger partial charge in [0.2, 0.25) is 0 Å². The van der Waals surface area contributed by atoms with Crippen LogP contribution in [0.3, 0.4) is 0 Å². The van der Waals surface area contributed by atoms with Crippen LogP contribution < -0.4 is 10.6 Å². The van der Waals surface area contributed by atoms with Crippen LogP contribution in [0.2, 0.25) is 10.0 Å². The summed E-state index contributed by atoms with van der Waals surface area (Å²) < 4.78 is 78.8. The smallest absolute Gasteiger partial charge is 0.321 e. The Kier molecular flexibility index (Phi) is 5.05. The largest absolute Gasteiger partial charge is 0.416 e. The molecule has 0 unspecified atom stereocenters. The molecule has 32 heavy (non-hydrogen) atoms. The van der Waals surface area contributed by atoms with Crippen molar-refractivity contribution < 1.29 is 35.9 Å². The van der Waals surface area contributed by atoms with Crippen molar-refractivity contribution in [2.45, 2.75) is 12.4 Å². The number of hydrogen-bond donors (Lipinski definition) is 2. The quantitative estimate of drug-likeness (QED) is 0.550. The molecule has 0 bridgehead atoms. The highest BCUT2D eigenvalue weighted by Crippen LogP contribution is 2.43. The van der Waals surface area contributed by atoms with E-state index in [0.29, 0.717) is 12.1 Å². The van der Waals surface area contributed by atoms with Gasteiger partial charge in [-0.25, -0.2) is 0 Å². The van der Waals surface area contributed by atoms with Crippen molar-refractivity contribution in [3.8, 4) is 0 Å². The van der Waals surface area contributed by atoms with Gasteiger partial charge in [-0.1, -0.05) is 23.2 Å². The lowest BCUT2D eigenvalue weighted by Crippen LogP contribution is -2.22. The molecule has 4 nitrogen and oxygen atoms in total. The molecule has 0 radical (unpaired) electrons. The summed E-state index contributed by atoms with van der Waals surface area (Å²) in [4.78, 5) is 25.2. The van der Waals surface area contributed by atoms with Crippen LogP contribution >= 0.6 is 23.2 Å². The molecule has 166 valence electrons. The summed E-state index contributed by atoms with van der Waals surface area (Å²) in [6.45, 7) is 0. The molecule has 2 heterocycles. The molecule has 2 aromatic carbocycles. The minimum atomic E-state index is -4.72. The molecular weight excluding hydrogens is 485 g/mol. The second kappa shape index (κ2) is 7.28. The van der Waals surface area contributed by atoms with Gasteiger partial charge >= 0.3 is 12.4 Å². The van der Waals surface area contributed by atoms with Crippen LogP contribution in [0.4, 0.5) is 26.3 Å². The van der Waals surface area contributed by atoms with Crippen LogP contribution in [0.5, 0.6) is 0 Å². The maximum Gasteiger partial charge on any atom is 0.416 e. The molecule has 0 fully saturated rings. The zero-order chi connectivity index (χ0) is 23.6. The maximum absolute atomic E-state index is 13.1. The summed E-state index contributed by atoms with van der Waals surface area (Å²) >= 11 is 12.0. The fraction of sp³-hybridized carbons (Fsp3) is 0.100. The number of halogens is 8. The first-order valence-electron chi connectivity index (χ1n) is 8.65. The maximum atomic E-state index is 13.1. The van der Waals surface area contributed by atoms with Crippen LogP contribution in [0.25, 0.3) is 11.4 Å². The fourth-order valence-corrected chi connectivity index (χ4v) is 3.80. The number of amides is 2. The van der Waals surface area contributed by atoms with E-state index in [1.165, 1.54) is 0 Å². The van der Waals surface area contributed by atoms with E-state index in [-0.39, 0.29) is 43.7 Å². The number of rotatable bonds is 2. The molecule has 2 amide bonds. The molecule has 0 saturated heterocycles. The van der Waals surface area contributed by atoms with E-state index in [4.69, 9.17) is 23.2 Å². The number of carbonyl (C=O) groups excluding carboxylic acids is 2. The molecule has 4 rings (SSSR count). The van der Waals surface area contributed by atoms with E-state index in [2.05, 4.69) is 10.6 Å². The molecule has 2 aliphatic rings. The minimum absolute atomic E-state index is 0.180. The van der Waals surface area contributed by atoms with E-state index in [1.54, 1.807) is 0 Å². The van der Waals surface area contributed by atoms with Gasteiger partial charge in [0, 0.05) is 21.2 Å². The Morgan fingerprint density at radius 3 is 1.28 bits per heavy atom. The predicted octanol–water partition coefficient (Wildman–Crippen LogP) is 5.41. The summed E-state index contributed by atoms with van der Waals surface area (Å²) in [6.07, 6.45) is -9.44. The van der Waals surface area contributed by atoms with E-state index in [9.17, 15) is 35.9 Å². The molecule has 0 aromatic heterocycles. The van der Waals surface area contributed by atoms with Crippen molar-refractivity contribution >= 4 is 46.4 Å². The lowest BCUT2D eigenvalue weighted by molar-refractivity contribution is -0.138. The standard InChI is InChI=1S/C20H8Cl2F6N2O2/c21-11-3-1-7(19(23,24)25)5-9(11)15-13-14(18(32)29-15)16(30-17(13)31)10-6-8(20(26,27)28)2-4-12(10)22/h1-6H,(H,29,32)(H,30,31). The van der Waals surface area contributed by atoms with Crippen LogP contribution in [-0.4, -0.2) is 11.8 Å². The molecule has 0 saturated carbocycles. The highest BCUT2D eigenvalue weighted by Gasteiger charge is 2.43.